The van der Waals surface area contributed by atoms with Gasteiger partial charge in [0.05, 0.1) is 0 Å². The van der Waals surface area contributed by atoms with Crippen molar-refractivity contribution in [2.75, 3.05) is 6.54 Å². The van der Waals surface area contributed by atoms with Crippen LogP contribution in [0.3, 0.4) is 0 Å². The highest BCUT2D eigenvalue weighted by molar-refractivity contribution is 9.09. The molecule has 0 aliphatic rings. The molecule has 0 saturated heterocycles. The third kappa shape index (κ3) is 10.5. The van der Waals surface area contributed by atoms with Gasteiger partial charge in [0.25, 0.3) is 0 Å². The largest absolute Gasteiger partial charge is 0.356 e. The van der Waals surface area contributed by atoms with Gasteiger partial charge in [-0.25, -0.2) is 0 Å². The van der Waals surface area contributed by atoms with Gasteiger partial charge in [0, 0.05) is 17.8 Å². The lowest BCUT2D eigenvalue weighted by molar-refractivity contribution is -0.121. The molecule has 0 heterocycles. The van der Waals surface area contributed by atoms with Crippen molar-refractivity contribution in [1.29, 1.82) is 0 Å². The van der Waals surface area contributed by atoms with Gasteiger partial charge >= 0.3 is 0 Å². The van der Waals surface area contributed by atoms with Gasteiger partial charge in [-0.15, -0.1) is 0 Å². The Labute approximate surface area is 109 Å². The number of amides is 1. The highest BCUT2D eigenvalue weighted by Gasteiger charge is 2.07. The zero-order valence-corrected chi connectivity index (χ0v) is 12.3. The van der Waals surface area contributed by atoms with E-state index in [0.29, 0.717) is 11.2 Å². The van der Waals surface area contributed by atoms with Crippen LogP contribution in [0.1, 0.15) is 65.2 Å². The summed E-state index contributed by atoms with van der Waals surface area (Å²) in [6, 6.07) is 0. The van der Waals surface area contributed by atoms with Gasteiger partial charge < -0.3 is 5.32 Å². The van der Waals surface area contributed by atoms with Crippen molar-refractivity contribution in [3.05, 3.63) is 0 Å². The van der Waals surface area contributed by atoms with Gasteiger partial charge in [0.1, 0.15) is 0 Å². The molecule has 1 unspecified atom stereocenters. The van der Waals surface area contributed by atoms with Crippen molar-refractivity contribution in [1.82, 2.24) is 5.32 Å². The molecular weight excluding hydrogens is 266 g/mol. The van der Waals surface area contributed by atoms with Crippen LogP contribution in [0.15, 0.2) is 0 Å². The van der Waals surface area contributed by atoms with Gasteiger partial charge in [-0.05, 0) is 12.8 Å². The number of carbonyl (C=O) groups excluding carboxylic acids is 1. The summed E-state index contributed by atoms with van der Waals surface area (Å²) in [7, 11) is 0. The monoisotopic (exact) mass is 291 g/mol. The number of carbonyl (C=O) groups is 1. The van der Waals surface area contributed by atoms with Crippen LogP contribution < -0.4 is 5.32 Å². The smallest absolute Gasteiger partial charge is 0.221 e. The predicted molar refractivity (Wildman–Crippen MR) is 74.0 cm³/mol. The molecule has 3 heteroatoms. The number of alkyl halides is 1. The van der Waals surface area contributed by atoms with Crippen LogP contribution in [0.5, 0.6) is 0 Å². The Kier molecular flexibility index (Phi) is 11.4. The molecule has 0 aliphatic carbocycles. The van der Waals surface area contributed by atoms with Crippen molar-refractivity contribution >= 4 is 21.8 Å². The molecule has 0 bridgehead atoms. The lowest BCUT2D eigenvalue weighted by atomic mass is 10.1. The van der Waals surface area contributed by atoms with Crippen LogP contribution in [-0.2, 0) is 4.79 Å². The maximum Gasteiger partial charge on any atom is 0.221 e. The zero-order chi connectivity index (χ0) is 12.2. The maximum atomic E-state index is 11.4. The highest BCUT2D eigenvalue weighted by atomic mass is 79.9. The molecule has 1 atom stereocenters. The van der Waals surface area contributed by atoms with Gasteiger partial charge in [0.2, 0.25) is 5.91 Å². The zero-order valence-electron chi connectivity index (χ0n) is 10.7. The van der Waals surface area contributed by atoms with Crippen LogP contribution in [0, 0.1) is 0 Å². The Morgan fingerprint density at radius 1 is 1.12 bits per heavy atom. The van der Waals surface area contributed by atoms with E-state index in [1.807, 2.05) is 0 Å². The van der Waals surface area contributed by atoms with E-state index >= 15 is 0 Å². The maximum absolute atomic E-state index is 11.4. The molecule has 0 rings (SSSR count). The summed E-state index contributed by atoms with van der Waals surface area (Å²) in [5.74, 6) is 0.178. The Balaban J connectivity index is 3.21. The van der Waals surface area contributed by atoms with Crippen molar-refractivity contribution in [2.24, 2.45) is 0 Å². The Bertz CT molecular complexity index is 173. The minimum atomic E-state index is 0.178. The quantitative estimate of drug-likeness (QED) is 0.478. The van der Waals surface area contributed by atoms with Crippen molar-refractivity contribution in [3.63, 3.8) is 0 Å². The second-order valence-electron chi connectivity index (χ2n) is 4.33. The summed E-state index contributed by atoms with van der Waals surface area (Å²) in [5, 5.41) is 2.97. The molecule has 1 N–H and O–H groups in total. The first-order valence-electron chi connectivity index (χ1n) is 6.61. The van der Waals surface area contributed by atoms with Crippen LogP contribution in [0.25, 0.3) is 0 Å². The number of nitrogens with one attached hydrogen (secondary N) is 1. The van der Waals surface area contributed by atoms with Gasteiger partial charge in [0.15, 0.2) is 0 Å². The molecule has 96 valence electrons. The average Bonchev–Trinajstić information content (AvgIpc) is 2.27. The van der Waals surface area contributed by atoms with Crippen molar-refractivity contribution in [3.8, 4) is 0 Å². The Morgan fingerprint density at radius 3 is 2.38 bits per heavy atom. The van der Waals surface area contributed by atoms with Crippen LogP contribution >= 0.6 is 15.9 Å². The second-order valence-corrected chi connectivity index (χ2v) is 5.62. The van der Waals surface area contributed by atoms with Crippen LogP contribution in [-0.4, -0.2) is 17.3 Å². The van der Waals surface area contributed by atoms with Crippen LogP contribution in [0.2, 0.25) is 0 Å². The molecule has 0 radical (unpaired) electrons. The van der Waals surface area contributed by atoms with Gasteiger partial charge in [-0.2, -0.15) is 0 Å². The van der Waals surface area contributed by atoms with E-state index in [4.69, 9.17) is 0 Å². The van der Waals surface area contributed by atoms with Gasteiger partial charge in [-0.3, -0.25) is 4.79 Å². The molecule has 0 spiro atoms. The van der Waals surface area contributed by atoms with E-state index < -0.39 is 0 Å². The number of halogens is 1. The van der Waals surface area contributed by atoms with E-state index in [1.165, 1.54) is 32.1 Å². The minimum Gasteiger partial charge on any atom is -0.356 e. The topological polar surface area (TPSA) is 29.1 Å². The number of hydrogen-bond donors (Lipinski definition) is 1. The molecule has 1 amide bonds. The minimum absolute atomic E-state index is 0.178. The second kappa shape index (κ2) is 11.4. The molecule has 0 aromatic heterocycles. The fourth-order valence-electron chi connectivity index (χ4n) is 1.55. The first-order chi connectivity index (χ1) is 7.70. The first kappa shape index (κ1) is 16.0. The first-order valence-corrected chi connectivity index (χ1v) is 7.53. The molecule has 2 nitrogen and oxygen atoms in total. The van der Waals surface area contributed by atoms with Crippen molar-refractivity contribution in [2.45, 2.75) is 70.0 Å². The fourth-order valence-corrected chi connectivity index (χ4v) is 1.84. The van der Waals surface area contributed by atoms with E-state index in [1.54, 1.807) is 0 Å². The number of rotatable bonds is 10. The lowest BCUT2D eigenvalue weighted by Gasteiger charge is -2.07. The molecule has 0 aromatic carbocycles. The SMILES string of the molecule is CCCCCCCCNC(=O)CC(Br)CC. The van der Waals surface area contributed by atoms with Crippen molar-refractivity contribution < 1.29 is 4.79 Å². The number of hydrogen-bond acceptors (Lipinski definition) is 1. The lowest BCUT2D eigenvalue weighted by Crippen LogP contribution is -2.26. The highest BCUT2D eigenvalue weighted by Crippen LogP contribution is 2.08. The summed E-state index contributed by atoms with van der Waals surface area (Å²) in [6.07, 6.45) is 9.25. The van der Waals surface area contributed by atoms with Gasteiger partial charge in [-0.1, -0.05) is 61.9 Å². The number of unbranched alkanes of at least 4 members (excludes halogenated alkanes) is 5. The van der Waals surface area contributed by atoms with E-state index in [2.05, 4.69) is 35.1 Å². The molecule has 16 heavy (non-hydrogen) atoms. The molecule has 0 aromatic rings. The summed E-state index contributed by atoms with van der Waals surface area (Å²) in [4.78, 5) is 11.7. The molecular formula is C13H26BrNO. The molecule has 0 fully saturated rings. The average molecular weight is 292 g/mol. The Morgan fingerprint density at radius 2 is 1.75 bits per heavy atom. The Hall–Kier alpha value is -0.0500. The van der Waals surface area contributed by atoms with Crippen LogP contribution in [0.4, 0.5) is 0 Å². The summed E-state index contributed by atoms with van der Waals surface area (Å²) in [5.41, 5.74) is 0. The third-order valence-corrected chi connectivity index (χ3v) is 3.67. The summed E-state index contributed by atoms with van der Waals surface area (Å²) in [6.45, 7) is 5.15. The predicted octanol–water partition coefficient (Wildman–Crippen LogP) is 4.03. The third-order valence-electron chi connectivity index (χ3n) is 2.70. The standard InChI is InChI=1S/C13H26BrNO/c1-3-5-6-7-8-9-10-15-13(16)11-12(14)4-2/h12H,3-11H2,1-2H3,(H,15,16). The fraction of sp³-hybridized carbons (Fsp3) is 0.923. The van der Waals surface area contributed by atoms with E-state index in [-0.39, 0.29) is 5.91 Å². The van der Waals surface area contributed by atoms with E-state index in [0.717, 1.165) is 19.4 Å². The van der Waals surface area contributed by atoms with E-state index in [9.17, 15) is 4.79 Å². The molecule has 0 aliphatic heterocycles. The summed E-state index contributed by atoms with van der Waals surface area (Å²) >= 11 is 3.47. The summed E-state index contributed by atoms with van der Waals surface area (Å²) < 4.78 is 0. The normalized spacial score (nSPS) is 12.4. The molecule has 0 saturated carbocycles.